The van der Waals surface area contributed by atoms with Crippen molar-refractivity contribution in [2.75, 3.05) is 6.61 Å². The van der Waals surface area contributed by atoms with Crippen molar-refractivity contribution < 1.29 is 18.3 Å². The lowest BCUT2D eigenvalue weighted by Gasteiger charge is -2.14. The number of benzene rings is 3. The lowest BCUT2D eigenvalue weighted by molar-refractivity contribution is -0.122. The van der Waals surface area contributed by atoms with Crippen molar-refractivity contribution in [3.8, 4) is 16.9 Å². The number of rotatable bonds is 9. The third-order valence-electron chi connectivity index (χ3n) is 9.24. The van der Waals surface area contributed by atoms with Crippen molar-refractivity contribution in [3.05, 3.63) is 132 Å². The van der Waals surface area contributed by atoms with E-state index >= 15 is 0 Å². The van der Waals surface area contributed by atoms with Crippen LogP contribution in [0.4, 0.5) is 14.5 Å². The fraction of sp³-hybridized carbons (Fsp3) is 0.333. The molecule has 1 aromatic heterocycles. The Bertz CT molecular complexity index is 1840. The monoisotopic (exact) mass is 687 g/mol. The number of Topliss-reactive ketones (excluding diaryl/α,β-unsaturated/α-hetero) is 1. The summed E-state index contributed by atoms with van der Waals surface area (Å²) in [5.41, 5.74) is 11.9. The second-order valence-electron chi connectivity index (χ2n) is 13.2. The number of aryl methyl sites for hydroxylation is 2. The van der Waals surface area contributed by atoms with Crippen LogP contribution in [0.2, 0.25) is 0 Å². The highest BCUT2D eigenvalue weighted by atomic mass is 19.3. The molecule has 0 amide bonds. The van der Waals surface area contributed by atoms with Crippen LogP contribution in [0, 0.1) is 12.3 Å². The molecule has 265 valence electrons. The summed E-state index contributed by atoms with van der Waals surface area (Å²) in [5.74, 6) is 1.42. The highest BCUT2D eigenvalue weighted by molar-refractivity contribution is 5.93. The smallest absolute Gasteiger partial charge is 0.235 e. The summed E-state index contributed by atoms with van der Waals surface area (Å²) in [7, 11) is 0. The molecule has 4 nitrogen and oxygen atoms in total. The Labute approximate surface area is 302 Å². The second kappa shape index (κ2) is 19.1. The van der Waals surface area contributed by atoms with Crippen LogP contribution in [0.3, 0.4) is 0 Å². The van der Waals surface area contributed by atoms with Gasteiger partial charge in [-0.05, 0) is 97.2 Å². The minimum Gasteiger partial charge on any atom is -0.488 e. The summed E-state index contributed by atoms with van der Waals surface area (Å²) < 4.78 is 26.8. The molecule has 4 aromatic rings. The summed E-state index contributed by atoms with van der Waals surface area (Å²) in [6, 6.07) is 27.4. The predicted octanol–water partition coefficient (Wildman–Crippen LogP) is 11.7. The second-order valence-corrected chi connectivity index (χ2v) is 13.2. The first kappa shape index (κ1) is 37.5. The summed E-state index contributed by atoms with van der Waals surface area (Å²) in [4.78, 5) is 21.9. The Morgan fingerprint density at radius 1 is 0.902 bits per heavy atom. The molecule has 2 heterocycles. The number of aliphatic imine (C=N–C) groups is 1. The number of hydrogen-bond acceptors (Lipinski definition) is 4. The number of ketones is 1. The van der Waals surface area contributed by atoms with Crippen LogP contribution in [0.25, 0.3) is 22.8 Å². The topological polar surface area (TPSA) is 51.5 Å². The molecular weight excluding hydrogens is 639 g/mol. The van der Waals surface area contributed by atoms with Gasteiger partial charge in [0.2, 0.25) is 6.43 Å². The average Bonchev–Trinajstić information content (AvgIpc) is 4.02. The zero-order valence-corrected chi connectivity index (χ0v) is 30.1. The largest absolute Gasteiger partial charge is 0.488 e. The minimum absolute atomic E-state index is 0.154. The molecule has 1 radical (unpaired) electrons. The molecule has 3 aliphatic rings. The van der Waals surface area contributed by atoms with E-state index in [1.165, 1.54) is 28.7 Å². The van der Waals surface area contributed by atoms with Gasteiger partial charge in [0.1, 0.15) is 18.1 Å². The van der Waals surface area contributed by atoms with E-state index in [0.717, 1.165) is 97.8 Å². The predicted molar refractivity (Wildman–Crippen MR) is 207 cm³/mol. The van der Waals surface area contributed by atoms with Crippen molar-refractivity contribution in [1.29, 1.82) is 0 Å². The van der Waals surface area contributed by atoms with Crippen molar-refractivity contribution in [2.24, 2.45) is 10.9 Å². The van der Waals surface area contributed by atoms with Crippen LogP contribution in [-0.4, -0.2) is 29.5 Å². The number of carbonyl (C=O) groups is 1. The van der Waals surface area contributed by atoms with Gasteiger partial charge in [-0.2, -0.15) is 0 Å². The summed E-state index contributed by atoms with van der Waals surface area (Å²) >= 11 is 0. The Hall–Kier alpha value is -4.71. The molecule has 7 rings (SSSR count). The van der Waals surface area contributed by atoms with Crippen LogP contribution >= 0.6 is 0 Å². The first-order valence-corrected chi connectivity index (χ1v) is 18.3. The molecule has 1 atom stereocenters. The molecule has 0 spiro atoms. The van der Waals surface area contributed by atoms with Gasteiger partial charge in [0, 0.05) is 48.2 Å². The number of allylic oxidation sites excluding steroid dienone is 3. The first-order valence-electron chi connectivity index (χ1n) is 18.3. The normalized spacial score (nSPS) is 16.3. The molecule has 3 aromatic carbocycles. The van der Waals surface area contributed by atoms with Crippen LogP contribution in [0.1, 0.15) is 87.2 Å². The number of hydrogen-bond donors (Lipinski definition) is 0. The van der Waals surface area contributed by atoms with E-state index in [-0.39, 0.29) is 5.92 Å². The molecule has 1 unspecified atom stereocenters. The Kier molecular flexibility index (Phi) is 14.0. The third-order valence-corrected chi connectivity index (χ3v) is 9.24. The van der Waals surface area contributed by atoms with E-state index in [1.54, 1.807) is 0 Å². The maximum atomic E-state index is 12.4. The van der Waals surface area contributed by atoms with E-state index in [1.807, 2.05) is 18.3 Å². The van der Waals surface area contributed by atoms with Gasteiger partial charge in [0.15, 0.2) is 0 Å². The maximum Gasteiger partial charge on any atom is 0.235 e. The third kappa shape index (κ3) is 11.7. The lowest BCUT2D eigenvalue weighted by Crippen LogP contribution is -2.15. The van der Waals surface area contributed by atoms with Gasteiger partial charge in [0.25, 0.3) is 0 Å². The standard InChI is InChI=1S/C32H34N2O2.C11H11.C2H4F2/c1-2-28-16-14-27(21-33-28)24-15-17-31-25(20-24)10-7-11-29(34-31)22-36-30-12-6-8-23(19-30)18-26-9-4-3-5-13-32(26)35;1-2-9-5-3-4-6-11(9)10-7-8-10;1-2(3)4/h6-8,10,12,14-17,19-21,26H,2-5,9,11,13,18,22H2,1H3;3-8H,2H2,1H3;2H,1H3. The highest BCUT2D eigenvalue weighted by Crippen LogP contribution is 2.32. The summed E-state index contributed by atoms with van der Waals surface area (Å²) in [6.45, 7) is 5.59. The van der Waals surface area contributed by atoms with E-state index < -0.39 is 6.43 Å². The minimum atomic E-state index is -2.17. The van der Waals surface area contributed by atoms with Crippen molar-refractivity contribution in [2.45, 2.75) is 85.0 Å². The number of halogens is 2. The number of carbonyl (C=O) groups excluding carboxylic acids is 1. The number of fused-ring (bicyclic) bond motifs is 1. The van der Waals surface area contributed by atoms with Crippen LogP contribution < -0.4 is 4.74 Å². The van der Waals surface area contributed by atoms with Crippen LogP contribution in [0.5, 0.6) is 5.75 Å². The Morgan fingerprint density at radius 2 is 1.71 bits per heavy atom. The Balaban J connectivity index is 0.000000278. The van der Waals surface area contributed by atoms with Gasteiger partial charge in [-0.15, -0.1) is 0 Å². The molecule has 0 saturated heterocycles. The SMILES string of the molecule is CC(F)F.CCc1ccc(-c2ccc3c(c2)C=CCC(COc2cccc(CC4CCCCCC4=O)c2)=N3)cn1.CCc1ccccc1C1=C[CH]1. The molecule has 2 aliphatic carbocycles. The van der Waals surface area contributed by atoms with Crippen molar-refractivity contribution >= 4 is 28.8 Å². The number of alkyl halides is 2. The number of nitrogens with zero attached hydrogens (tertiary/aromatic N) is 2. The lowest BCUT2D eigenvalue weighted by atomic mass is 9.91. The zero-order chi connectivity index (χ0) is 36.0. The fourth-order valence-corrected chi connectivity index (χ4v) is 6.40. The van der Waals surface area contributed by atoms with E-state index in [4.69, 9.17) is 9.73 Å². The molecule has 1 aliphatic heterocycles. The molecule has 0 bridgehead atoms. The summed E-state index contributed by atoms with van der Waals surface area (Å²) in [6.07, 6.45) is 17.2. The summed E-state index contributed by atoms with van der Waals surface area (Å²) in [5, 5.41) is 0. The average molecular weight is 688 g/mol. The van der Waals surface area contributed by atoms with Gasteiger partial charge in [0.05, 0.1) is 11.4 Å². The van der Waals surface area contributed by atoms with Gasteiger partial charge in [-0.1, -0.05) is 93.4 Å². The highest BCUT2D eigenvalue weighted by Gasteiger charge is 2.21. The molecule has 6 heteroatoms. The van der Waals surface area contributed by atoms with Gasteiger partial charge < -0.3 is 4.74 Å². The number of aromatic nitrogens is 1. The van der Waals surface area contributed by atoms with Gasteiger partial charge >= 0.3 is 0 Å². The van der Waals surface area contributed by atoms with E-state index in [9.17, 15) is 13.6 Å². The molecule has 0 N–H and O–H groups in total. The molecule has 51 heavy (non-hydrogen) atoms. The number of ether oxygens (including phenoxy) is 1. The Morgan fingerprint density at radius 3 is 2.45 bits per heavy atom. The van der Waals surface area contributed by atoms with Crippen LogP contribution in [0.15, 0.2) is 102 Å². The first-order chi connectivity index (χ1) is 24.8. The van der Waals surface area contributed by atoms with Gasteiger partial charge in [-0.3, -0.25) is 14.8 Å². The van der Waals surface area contributed by atoms with Crippen molar-refractivity contribution in [3.63, 3.8) is 0 Å². The molecule has 1 fully saturated rings. The maximum absolute atomic E-state index is 12.4. The molecule has 1 saturated carbocycles. The van der Waals surface area contributed by atoms with Crippen LogP contribution in [-0.2, 0) is 24.1 Å². The molecular formula is C45H49F2N2O2. The fourth-order valence-electron chi connectivity index (χ4n) is 6.40. The van der Waals surface area contributed by atoms with Gasteiger partial charge in [-0.25, -0.2) is 8.78 Å². The van der Waals surface area contributed by atoms with Crippen molar-refractivity contribution in [1.82, 2.24) is 4.98 Å². The number of pyridine rings is 1. The quantitative estimate of drug-likeness (QED) is 0.165. The zero-order valence-electron chi connectivity index (χ0n) is 30.1. The van der Waals surface area contributed by atoms with E-state index in [2.05, 4.69) is 110 Å². The van der Waals surface area contributed by atoms with E-state index in [0.29, 0.717) is 12.4 Å².